The van der Waals surface area contributed by atoms with Crippen molar-refractivity contribution in [3.63, 3.8) is 0 Å². The maximum Gasteiger partial charge on any atom is 0.272 e. The first-order chi connectivity index (χ1) is 11.7. The van der Waals surface area contributed by atoms with Crippen molar-refractivity contribution in [1.29, 1.82) is 0 Å². The summed E-state index contributed by atoms with van der Waals surface area (Å²) in [5.74, 6) is -0.185. The zero-order valence-electron chi connectivity index (χ0n) is 14.9. The van der Waals surface area contributed by atoms with Crippen molar-refractivity contribution in [2.75, 3.05) is 13.1 Å². The molecule has 1 unspecified atom stereocenters. The first kappa shape index (κ1) is 18.4. The normalized spacial score (nSPS) is 17.6. The van der Waals surface area contributed by atoms with Gasteiger partial charge in [0.2, 0.25) is 0 Å². The molecule has 1 atom stereocenters. The second-order valence-electron chi connectivity index (χ2n) is 6.45. The third-order valence-corrected chi connectivity index (χ3v) is 4.67. The highest BCUT2D eigenvalue weighted by molar-refractivity contribution is 5.98. The first-order valence-corrected chi connectivity index (χ1v) is 9.22. The molecule has 0 aromatic carbocycles. The van der Waals surface area contributed by atoms with Crippen LogP contribution in [0.4, 0.5) is 0 Å². The Morgan fingerprint density at radius 2 is 2.12 bits per heavy atom. The van der Waals surface area contributed by atoms with E-state index < -0.39 is 0 Å². The van der Waals surface area contributed by atoms with Gasteiger partial charge in [0, 0.05) is 30.9 Å². The molecule has 2 amide bonds. The Kier molecular flexibility index (Phi) is 7.22. The first-order valence-electron chi connectivity index (χ1n) is 9.22. The van der Waals surface area contributed by atoms with E-state index in [9.17, 15) is 9.59 Å². The van der Waals surface area contributed by atoms with E-state index >= 15 is 0 Å². The number of likely N-dealkylation sites (tertiary alicyclic amines) is 1. The van der Waals surface area contributed by atoms with Crippen LogP contribution in [0.5, 0.6) is 0 Å². The number of amides is 2. The summed E-state index contributed by atoms with van der Waals surface area (Å²) in [6.07, 6.45) is 9.00. The molecule has 2 rings (SSSR count). The molecule has 24 heavy (non-hydrogen) atoms. The molecule has 1 saturated heterocycles. The second-order valence-corrected chi connectivity index (χ2v) is 6.45. The van der Waals surface area contributed by atoms with Gasteiger partial charge in [-0.15, -0.1) is 0 Å². The lowest BCUT2D eigenvalue weighted by molar-refractivity contribution is 0.0602. The van der Waals surface area contributed by atoms with E-state index in [0.717, 1.165) is 45.1 Å². The number of nitrogens with zero attached hydrogens (tertiary/aromatic N) is 2. The Morgan fingerprint density at radius 1 is 1.29 bits per heavy atom. The molecule has 1 aromatic heterocycles. The van der Waals surface area contributed by atoms with Gasteiger partial charge in [-0.2, -0.15) is 0 Å². The highest BCUT2D eigenvalue weighted by atomic mass is 16.2. The zero-order valence-corrected chi connectivity index (χ0v) is 14.9. The predicted molar refractivity (Wildman–Crippen MR) is 95.1 cm³/mol. The molecular weight excluding hydrogens is 302 g/mol. The van der Waals surface area contributed by atoms with Gasteiger partial charge in [0.05, 0.1) is 0 Å². The molecule has 0 saturated carbocycles. The minimum atomic E-state index is -0.131. The van der Waals surface area contributed by atoms with Crippen LogP contribution in [0.15, 0.2) is 18.3 Å². The molecule has 1 aliphatic rings. The Labute approximate surface area is 144 Å². The Balaban J connectivity index is 2.03. The van der Waals surface area contributed by atoms with Gasteiger partial charge < -0.3 is 10.2 Å². The van der Waals surface area contributed by atoms with Crippen molar-refractivity contribution in [2.24, 2.45) is 0 Å². The number of carbonyl (C=O) groups is 2. The van der Waals surface area contributed by atoms with Crippen LogP contribution in [0, 0.1) is 0 Å². The number of aromatic nitrogens is 1. The lowest BCUT2D eigenvalue weighted by atomic mass is 9.99. The van der Waals surface area contributed by atoms with Gasteiger partial charge in [-0.05, 0) is 44.2 Å². The minimum absolute atomic E-state index is 0.0535. The third kappa shape index (κ3) is 4.79. The standard InChI is InChI=1S/C19H29N3O2/c1-3-5-7-11-21-18(23)15-10-12-20-17(14-15)19(24)22-13-8-6-9-16(22)4-2/h10,12,14,16H,3-9,11,13H2,1-2H3,(H,21,23). The largest absolute Gasteiger partial charge is 0.352 e. The fraction of sp³-hybridized carbons (Fsp3) is 0.632. The average molecular weight is 331 g/mol. The van der Waals surface area contributed by atoms with Crippen molar-refractivity contribution in [1.82, 2.24) is 15.2 Å². The van der Waals surface area contributed by atoms with E-state index in [0.29, 0.717) is 23.8 Å². The van der Waals surface area contributed by atoms with Crippen LogP contribution >= 0.6 is 0 Å². The topological polar surface area (TPSA) is 62.3 Å². The van der Waals surface area contributed by atoms with Crippen molar-refractivity contribution >= 4 is 11.8 Å². The summed E-state index contributed by atoms with van der Waals surface area (Å²) >= 11 is 0. The molecule has 0 radical (unpaired) electrons. The smallest absolute Gasteiger partial charge is 0.272 e. The van der Waals surface area contributed by atoms with E-state index in [4.69, 9.17) is 0 Å². The molecule has 1 N–H and O–H groups in total. The number of piperidine rings is 1. The monoisotopic (exact) mass is 331 g/mol. The number of unbranched alkanes of at least 4 members (excludes halogenated alkanes) is 2. The minimum Gasteiger partial charge on any atom is -0.352 e. The predicted octanol–water partition coefficient (Wildman–Crippen LogP) is 3.41. The zero-order chi connectivity index (χ0) is 17.4. The van der Waals surface area contributed by atoms with Gasteiger partial charge in [0.15, 0.2) is 0 Å². The van der Waals surface area contributed by atoms with E-state index in [1.165, 1.54) is 6.42 Å². The van der Waals surface area contributed by atoms with Gasteiger partial charge in [0.1, 0.15) is 5.69 Å². The average Bonchev–Trinajstić information content (AvgIpc) is 2.64. The van der Waals surface area contributed by atoms with Gasteiger partial charge in [0.25, 0.3) is 11.8 Å². The summed E-state index contributed by atoms with van der Waals surface area (Å²) in [4.78, 5) is 31.1. The number of pyridine rings is 1. The fourth-order valence-electron chi connectivity index (χ4n) is 3.21. The van der Waals surface area contributed by atoms with E-state index in [-0.39, 0.29) is 11.8 Å². The number of carbonyl (C=O) groups excluding carboxylic acids is 2. The number of nitrogens with one attached hydrogen (secondary N) is 1. The Hall–Kier alpha value is -1.91. The molecule has 0 aliphatic carbocycles. The van der Waals surface area contributed by atoms with Crippen LogP contribution in [0.1, 0.15) is 79.6 Å². The van der Waals surface area contributed by atoms with Crippen LogP contribution in [-0.4, -0.2) is 40.8 Å². The van der Waals surface area contributed by atoms with Crippen molar-refractivity contribution in [2.45, 2.75) is 64.8 Å². The molecule has 5 nitrogen and oxygen atoms in total. The molecule has 5 heteroatoms. The van der Waals surface area contributed by atoms with E-state index in [2.05, 4.69) is 24.1 Å². The highest BCUT2D eigenvalue weighted by Gasteiger charge is 2.27. The fourth-order valence-corrected chi connectivity index (χ4v) is 3.21. The van der Waals surface area contributed by atoms with Crippen LogP contribution in [0.2, 0.25) is 0 Å². The highest BCUT2D eigenvalue weighted by Crippen LogP contribution is 2.21. The van der Waals surface area contributed by atoms with Crippen LogP contribution < -0.4 is 5.32 Å². The lowest BCUT2D eigenvalue weighted by Crippen LogP contribution is -2.43. The maximum absolute atomic E-state index is 12.8. The van der Waals surface area contributed by atoms with Gasteiger partial charge in [-0.3, -0.25) is 14.6 Å². The molecule has 2 heterocycles. The van der Waals surface area contributed by atoms with Crippen LogP contribution in [0.25, 0.3) is 0 Å². The molecule has 1 aliphatic heterocycles. The van der Waals surface area contributed by atoms with E-state index in [1.807, 2.05) is 4.90 Å². The number of hydrogen-bond donors (Lipinski definition) is 1. The maximum atomic E-state index is 12.8. The molecular formula is C19H29N3O2. The molecule has 1 fully saturated rings. The van der Waals surface area contributed by atoms with Gasteiger partial charge >= 0.3 is 0 Å². The summed E-state index contributed by atoms with van der Waals surface area (Å²) in [7, 11) is 0. The van der Waals surface area contributed by atoms with Crippen LogP contribution in [0.3, 0.4) is 0 Å². The second kappa shape index (κ2) is 9.40. The van der Waals surface area contributed by atoms with E-state index in [1.54, 1.807) is 18.3 Å². The summed E-state index contributed by atoms with van der Waals surface area (Å²) < 4.78 is 0. The molecule has 1 aromatic rings. The molecule has 0 spiro atoms. The summed E-state index contributed by atoms with van der Waals surface area (Å²) in [5, 5.41) is 2.91. The lowest BCUT2D eigenvalue weighted by Gasteiger charge is -2.35. The quantitative estimate of drug-likeness (QED) is 0.779. The van der Waals surface area contributed by atoms with Crippen molar-refractivity contribution < 1.29 is 9.59 Å². The Morgan fingerprint density at radius 3 is 2.88 bits per heavy atom. The third-order valence-electron chi connectivity index (χ3n) is 4.67. The summed E-state index contributed by atoms with van der Waals surface area (Å²) in [5.41, 5.74) is 0.881. The number of hydrogen-bond acceptors (Lipinski definition) is 3. The molecule has 132 valence electrons. The van der Waals surface area contributed by atoms with Gasteiger partial charge in [-0.25, -0.2) is 0 Å². The Bertz CT molecular complexity index is 559. The van der Waals surface area contributed by atoms with Crippen molar-refractivity contribution in [3.05, 3.63) is 29.6 Å². The summed E-state index contributed by atoms with van der Waals surface area (Å²) in [6, 6.07) is 3.58. The van der Waals surface area contributed by atoms with Crippen LogP contribution in [-0.2, 0) is 0 Å². The summed E-state index contributed by atoms with van der Waals surface area (Å²) in [6.45, 7) is 5.70. The number of rotatable bonds is 7. The van der Waals surface area contributed by atoms with Gasteiger partial charge in [-0.1, -0.05) is 26.7 Å². The SMILES string of the molecule is CCCCCNC(=O)c1ccnc(C(=O)N2CCCCC2CC)c1. The molecule has 0 bridgehead atoms. The van der Waals surface area contributed by atoms with Crippen molar-refractivity contribution in [3.8, 4) is 0 Å².